The Morgan fingerprint density at radius 2 is 2.05 bits per heavy atom. The van der Waals surface area contributed by atoms with Gasteiger partial charge in [0.25, 0.3) is 0 Å². The Balaban J connectivity index is 1.89. The molecule has 1 aromatic heterocycles. The first kappa shape index (κ1) is 12.6. The van der Waals surface area contributed by atoms with Gasteiger partial charge in [-0.15, -0.1) is 0 Å². The van der Waals surface area contributed by atoms with Gasteiger partial charge in [-0.3, -0.25) is 0 Å². The molecule has 0 N–H and O–H groups in total. The highest BCUT2D eigenvalue weighted by atomic mass is 16.1. The summed E-state index contributed by atoms with van der Waals surface area (Å²) in [7, 11) is 0. The molecule has 3 rings (SSSR count). The van der Waals surface area contributed by atoms with Crippen LogP contribution in [-0.4, -0.2) is 29.3 Å². The van der Waals surface area contributed by atoms with Crippen molar-refractivity contribution in [2.24, 2.45) is 5.92 Å². The van der Waals surface area contributed by atoms with Crippen LogP contribution in [0.2, 0.25) is 0 Å². The minimum Gasteiger partial charge on any atom is -0.356 e. The molecule has 1 aliphatic heterocycles. The van der Waals surface area contributed by atoms with E-state index in [0.717, 1.165) is 50.9 Å². The first-order valence-electron chi connectivity index (χ1n) is 7.41. The molecule has 0 saturated carbocycles. The maximum Gasteiger partial charge on any atom is 0.135 e. The van der Waals surface area contributed by atoms with Crippen LogP contribution in [0.1, 0.15) is 43.4 Å². The van der Waals surface area contributed by atoms with E-state index in [2.05, 4.69) is 14.9 Å². The zero-order valence-electron chi connectivity index (χ0n) is 11.3. The molecule has 0 aromatic carbocycles. The second-order valence-electron chi connectivity index (χ2n) is 5.67. The van der Waals surface area contributed by atoms with Crippen molar-refractivity contribution in [3.05, 3.63) is 17.6 Å². The van der Waals surface area contributed by atoms with Gasteiger partial charge in [0.1, 0.15) is 18.4 Å². The third-order valence-corrected chi connectivity index (χ3v) is 4.30. The van der Waals surface area contributed by atoms with E-state index in [1.165, 1.54) is 30.5 Å². The summed E-state index contributed by atoms with van der Waals surface area (Å²) >= 11 is 0. The van der Waals surface area contributed by atoms with Gasteiger partial charge in [0.15, 0.2) is 0 Å². The fourth-order valence-electron chi connectivity index (χ4n) is 3.27. The van der Waals surface area contributed by atoms with Crippen LogP contribution in [0.5, 0.6) is 0 Å². The monoisotopic (exact) mass is 259 g/mol. The molecule has 0 bridgehead atoms. The molecule has 19 heavy (non-hydrogen) atoms. The maximum absolute atomic E-state index is 11.0. The summed E-state index contributed by atoms with van der Waals surface area (Å²) < 4.78 is 0. The average molecular weight is 259 g/mol. The van der Waals surface area contributed by atoms with Gasteiger partial charge < -0.3 is 9.69 Å². The smallest absolute Gasteiger partial charge is 0.135 e. The lowest BCUT2D eigenvalue weighted by atomic mass is 9.98. The molecule has 0 radical (unpaired) electrons. The summed E-state index contributed by atoms with van der Waals surface area (Å²) in [6.07, 6.45) is 10.8. The Kier molecular flexibility index (Phi) is 3.76. The van der Waals surface area contributed by atoms with Crippen molar-refractivity contribution in [2.45, 2.75) is 44.9 Å². The van der Waals surface area contributed by atoms with Crippen molar-refractivity contribution in [3.8, 4) is 0 Å². The van der Waals surface area contributed by atoms with Crippen LogP contribution in [-0.2, 0) is 17.6 Å². The third-order valence-electron chi connectivity index (χ3n) is 4.30. The summed E-state index contributed by atoms with van der Waals surface area (Å²) in [4.78, 5) is 22.3. The number of carbonyl (C=O) groups excluding carboxylic acids is 1. The molecule has 0 amide bonds. The van der Waals surface area contributed by atoms with Crippen LogP contribution >= 0.6 is 0 Å². The van der Waals surface area contributed by atoms with Gasteiger partial charge in [0, 0.05) is 30.3 Å². The van der Waals surface area contributed by atoms with Gasteiger partial charge in [-0.2, -0.15) is 0 Å². The van der Waals surface area contributed by atoms with E-state index in [1.54, 1.807) is 6.33 Å². The molecule has 1 saturated heterocycles. The molecular weight excluding hydrogens is 238 g/mol. The predicted octanol–water partition coefficient (Wildman–Crippen LogP) is 2.16. The normalized spacial score (nSPS) is 23.6. The molecule has 1 aromatic rings. The highest BCUT2D eigenvalue weighted by molar-refractivity contribution is 5.57. The van der Waals surface area contributed by atoms with Crippen LogP contribution in [0.3, 0.4) is 0 Å². The number of hydrogen-bond donors (Lipinski definition) is 0. The van der Waals surface area contributed by atoms with Crippen LogP contribution in [0, 0.1) is 5.92 Å². The molecular formula is C15H21N3O. The van der Waals surface area contributed by atoms with Crippen molar-refractivity contribution in [1.82, 2.24) is 9.97 Å². The number of aromatic nitrogens is 2. The number of aryl methyl sites for hydroxylation is 1. The number of aldehydes is 1. The van der Waals surface area contributed by atoms with Crippen molar-refractivity contribution in [2.75, 3.05) is 18.0 Å². The topological polar surface area (TPSA) is 46.1 Å². The van der Waals surface area contributed by atoms with Gasteiger partial charge in [-0.05, 0) is 38.5 Å². The average Bonchev–Trinajstić information content (AvgIpc) is 2.72. The van der Waals surface area contributed by atoms with E-state index < -0.39 is 0 Å². The highest BCUT2D eigenvalue weighted by Gasteiger charge is 2.24. The summed E-state index contributed by atoms with van der Waals surface area (Å²) in [6.45, 7) is 1.85. The zero-order valence-corrected chi connectivity index (χ0v) is 11.3. The molecule has 1 atom stereocenters. The second kappa shape index (κ2) is 5.68. The summed E-state index contributed by atoms with van der Waals surface area (Å²) in [5, 5.41) is 0. The molecule has 0 spiro atoms. The Morgan fingerprint density at radius 3 is 2.95 bits per heavy atom. The van der Waals surface area contributed by atoms with Crippen LogP contribution < -0.4 is 4.90 Å². The minimum absolute atomic E-state index is 0.171. The largest absolute Gasteiger partial charge is 0.356 e. The van der Waals surface area contributed by atoms with Crippen LogP contribution in [0.15, 0.2) is 6.33 Å². The van der Waals surface area contributed by atoms with Crippen LogP contribution in [0.4, 0.5) is 5.82 Å². The van der Waals surface area contributed by atoms with Gasteiger partial charge in [0.2, 0.25) is 0 Å². The van der Waals surface area contributed by atoms with Crippen molar-refractivity contribution in [1.29, 1.82) is 0 Å². The molecule has 2 aliphatic rings. The molecule has 4 nitrogen and oxygen atoms in total. The van der Waals surface area contributed by atoms with E-state index >= 15 is 0 Å². The van der Waals surface area contributed by atoms with Gasteiger partial charge in [-0.1, -0.05) is 6.42 Å². The number of rotatable bonds is 2. The van der Waals surface area contributed by atoms with Crippen molar-refractivity contribution < 1.29 is 4.79 Å². The Morgan fingerprint density at radius 1 is 1.16 bits per heavy atom. The molecule has 1 aliphatic carbocycles. The number of piperidine rings is 1. The number of carbonyl (C=O) groups is 1. The SMILES string of the molecule is O=CC1CCCN(c2ncnc3c2CCCCC3)C1. The summed E-state index contributed by atoms with van der Waals surface area (Å²) in [6, 6.07) is 0. The molecule has 4 heteroatoms. The van der Waals surface area contributed by atoms with Gasteiger partial charge in [0.05, 0.1) is 0 Å². The number of anilines is 1. The standard InChI is InChI=1S/C15H21N3O/c19-10-12-5-4-8-18(9-12)15-13-6-2-1-3-7-14(13)16-11-17-15/h10-12H,1-9H2. The Hall–Kier alpha value is -1.45. The minimum atomic E-state index is 0.171. The van der Waals surface area contributed by atoms with Crippen molar-refractivity contribution in [3.63, 3.8) is 0 Å². The van der Waals surface area contributed by atoms with E-state index in [9.17, 15) is 4.79 Å². The van der Waals surface area contributed by atoms with Crippen LogP contribution in [0.25, 0.3) is 0 Å². The summed E-state index contributed by atoms with van der Waals surface area (Å²) in [5.74, 6) is 1.27. The molecule has 1 fully saturated rings. The van der Waals surface area contributed by atoms with E-state index in [-0.39, 0.29) is 5.92 Å². The first-order chi connectivity index (χ1) is 9.38. The van der Waals surface area contributed by atoms with E-state index in [1.807, 2.05) is 0 Å². The lowest BCUT2D eigenvalue weighted by molar-refractivity contribution is -0.111. The summed E-state index contributed by atoms with van der Waals surface area (Å²) in [5.41, 5.74) is 2.57. The Bertz CT molecular complexity index is 461. The highest BCUT2D eigenvalue weighted by Crippen LogP contribution is 2.29. The van der Waals surface area contributed by atoms with Crippen molar-refractivity contribution >= 4 is 12.1 Å². The van der Waals surface area contributed by atoms with Gasteiger partial charge in [-0.25, -0.2) is 9.97 Å². The molecule has 102 valence electrons. The first-order valence-corrected chi connectivity index (χ1v) is 7.41. The quantitative estimate of drug-likeness (QED) is 0.603. The number of fused-ring (bicyclic) bond motifs is 1. The lowest BCUT2D eigenvalue weighted by Crippen LogP contribution is -2.37. The Labute approximate surface area is 114 Å². The number of nitrogens with zero attached hydrogens (tertiary/aromatic N) is 3. The maximum atomic E-state index is 11.0. The molecule has 1 unspecified atom stereocenters. The van der Waals surface area contributed by atoms with E-state index in [4.69, 9.17) is 0 Å². The third kappa shape index (κ3) is 2.62. The predicted molar refractivity (Wildman–Crippen MR) is 74.3 cm³/mol. The fourth-order valence-corrected chi connectivity index (χ4v) is 3.27. The number of hydrogen-bond acceptors (Lipinski definition) is 4. The van der Waals surface area contributed by atoms with Gasteiger partial charge >= 0.3 is 0 Å². The lowest BCUT2D eigenvalue weighted by Gasteiger charge is -2.32. The fraction of sp³-hybridized carbons (Fsp3) is 0.667. The second-order valence-corrected chi connectivity index (χ2v) is 5.67. The zero-order chi connectivity index (χ0) is 13.1. The van der Waals surface area contributed by atoms with E-state index in [0.29, 0.717) is 0 Å². The molecule has 2 heterocycles.